The van der Waals surface area contributed by atoms with E-state index >= 15 is 0 Å². The van der Waals surface area contributed by atoms with Gasteiger partial charge in [0.05, 0.1) is 17.8 Å². The van der Waals surface area contributed by atoms with Gasteiger partial charge in [-0.05, 0) is 32.4 Å². The van der Waals surface area contributed by atoms with Gasteiger partial charge in [-0.3, -0.25) is 4.79 Å². The third kappa shape index (κ3) is 5.44. The molecule has 3 rings (SSSR count). The third-order valence-electron chi connectivity index (χ3n) is 6.13. The number of likely N-dealkylation sites (N-methyl/N-ethyl adjacent to an activating group) is 1. The van der Waals surface area contributed by atoms with Crippen LogP contribution in [-0.2, 0) is 16.3 Å². The molecule has 0 aromatic carbocycles. The number of anilines is 2. The zero-order valence-electron chi connectivity index (χ0n) is 21.1. The number of fused-ring (bicyclic) bond motifs is 1. The molecule has 0 aliphatic carbocycles. The minimum absolute atomic E-state index is 0.0685. The van der Waals surface area contributed by atoms with Crippen molar-refractivity contribution < 1.29 is 9.53 Å². The van der Waals surface area contributed by atoms with Crippen LogP contribution >= 0.6 is 0 Å². The van der Waals surface area contributed by atoms with Crippen molar-refractivity contribution in [3.05, 3.63) is 30.0 Å². The zero-order chi connectivity index (χ0) is 24.3. The van der Waals surface area contributed by atoms with Crippen LogP contribution in [0.25, 0.3) is 0 Å². The molecule has 33 heavy (non-hydrogen) atoms. The Kier molecular flexibility index (Phi) is 7.91. The first-order valence-electron chi connectivity index (χ1n) is 11.8. The SMILES string of the molecule is CC[C@@H]1C(=O)N(C)c2cnc([C@H](CN)c3ccnn3COCC[Si](C)(C)C)nc2N1C(C)C. The highest BCUT2D eigenvalue weighted by molar-refractivity contribution is 6.76. The molecule has 1 amide bonds. The molecule has 0 saturated carbocycles. The summed E-state index contributed by atoms with van der Waals surface area (Å²) in [7, 11) is 0.638. The molecule has 0 bridgehead atoms. The molecule has 182 valence electrons. The van der Waals surface area contributed by atoms with Crippen LogP contribution in [0.2, 0.25) is 25.7 Å². The number of hydrogen-bond donors (Lipinski definition) is 1. The number of hydrogen-bond acceptors (Lipinski definition) is 7. The van der Waals surface area contributed by atoms with Crippen molar-refractivity contribution in [1.82, 2.24) is 19.7 Å². The number of nitrogens with zero attached hydrogens (tertiary/aromatic N) is 6. The van der Waals surface area contributed by atoms with Crippen LogP contribution < -0.4 is 15.5 Å². The fourth-order valence-electron chi connectivity index (χ4n) is 4.19. The van der Waals surface area contributed by atoms with Crippen LogP contribution in [0.15, 0.2) is 18.5 Å². The van der Waals surface area contributed by atoms with E-state index < -0.39 is 8.07 Å². The van der Waals surface area contributed by atoms with Gasteiger partial charge in [0.2, 0.25) is 5.91 Å². The molecule has 2 atom stereocenters. The van der Waals surface area contributed by atoms with Gasteiger partial charge < -0.3 is 20.3 Å². The fraction of sp³-hybridized carbons (Fsp3) is 0.652. The van der Waals surface area contributed by atoms with Gasteiger partial charge in [-0.2, -0.15) is 5.10 Å². The maximum absolute atomic E-state index is 12.9. The normalized spacial score (nSPS) is 17.6. The number of carbonyl (C=O) groups excluding carboxylic acids is 1. The topological polar surface area (TPSA) is 102 Å². The molecule has 0 saturated heterocycles. The standard InChI is InChI=1S/C23H39N7O2Si/c1-8-18-23(31)28(4)20-14-25-21(27-22(20)30(18)16(2)3)17(13-24)19-9-10-26-29(19)15-32-11-12-33(5,6)7/h9-10,14,16-18H,8,11-13,15,24H2,1-7H3/t17-,18-/m1/s1. The van der Waals surface area contributed by atoms with Crippen molar-refractivity contribution in [3.63, 3.8) is 0 Å². The van der Waals surface area contributed by atoms with Gasteiger partial charge in [0.25, 0.3) is 0 Å². The average molecular weight is 474 g/mol. The summed E-state index contributed by atoms with van der Waals surface area (Å²) in [6.45, 7) is 14.6. The summed E-state index contributed by atoms with van der Waals surface area (Å²) >= 11 is 0. The van der Waals surface area contributed by atoms with E-state index in [1.54, 1.807) is 24.3 Å². The van der Waals surface area contributed by atoms with Gasteiger partial charge in [0, 0.05) is 40.5 Å². The Morgan fingerprint density at radius 2 is 2.00 bits per heavy atom. The van der Waals surface area contributed by atoms with Crippen LogP contribution in [0.1, 0.15) is 44.6 Å². The van der Waals surface area contributed by atoms with Crippen molar-refractivity contribution >= 4 is 25.5 Å². The van der Waals surface area contributed by atoms with E-state index in [0.29, 0.717) is 25.5 Å². The lowest BCUT2D eigenvalue weighted by Crippen LogP contribution is -2.55. The number of nitrogens with two attached hydrogens (primary N) is 1. The Morgan fingerprint density at radius 3 is 2.61 bits per heavy atom. The predicted molar refractivity (Wildman–Crippen MR) is 134 cm³/mol. The van der Waals surface area contributed by atoms with Crippen molar-refractivity contribution in [2.75, 3.05) is 30.0 Å². The Labute approximate surface area is 198 Å². The molecule has 1 aliphatic rings. The van der Waals surface area contributed by atoms with Crippen LogP contribution in [-0.4, -0.2) is 66.0 Å². The van der Waals surface area contributed by atoms with Crippen molar-refractivity contribution in [2.24, 2.45) is 5.73 Å². The molecule has 2 N–H and O–H groups in total. The fourth-order valence-corrected chi connectivity index (χ4v) is 4.95. The highest BCUT2D eigenvalue weighted by Gasteiger charge is 2.38. The summed E-state index contributed by atoms with van der Waals surface area (Å²) in [6, 6.07) is 2.93. The summed E-state index contributed by atoms with van der Waals surface area (Å²) in [6.07, 6.45) is 4.21. The van der Waals surface area contributed by atoms with Gasteiger partial charge >= 0.3 is 0 Å². The average Bonchev–Trinajstić information content (AvgIpc) is 3.21. The first-order valence-corrected chi connectivity index (χ1v) is 15.5. The molecule has 9 nitrogen and oxygen atoms in total. The Hall–Kier alpha value is -2.30. The summed E-state index contributed by atoms with van der Waals surface area (Å²) in [5, 5.41) is 4.45. The van der Waals surface area contributed by atoms with E-state index in [1.165, 1.54) is 0 Å². The Balaban J connectivity index is 1.90. The van der Waals surface area contributed by atoms with Crippen molar-refractivity contribution in [3.8, 4) is 0 Å². The second kappa shape index (κ2) is 10.3. The first kappa shape index (κ1) is 25.3. The molecule has 3 heterocycles. The van der Waals surface area contributed by atoms with E-state index in [-0.39, 0.29) is 23.9 Å². The molecule has 1 aliphatic heterocycles. The lowest BCUT2D eigenvalue weighted by atomic mass is 10.0. The number of amides is 1. The second-order valence-corrected chi connectivity index (χ2v) is 15.8. The van der Waals surface area contributed by atoms with Crippen molar-refractivity contribution in [1.29, 1.82) is 0 Å². The second-order valence-electron chi connectivity index (χ2n) is 10.2. The highest BCUT2D eigenvalue weighted by Crippen LogP contribution is 2.36. The van der Waals surface area contributed by atoms with Crippen LogP contribution in [0.3, 0.4) is 0 Å². The molecule has 2 aromatic heterocycles. The number of ether oxygens (including phenoxy) is 1. The number of carbonyl (C=O) groups is 1. The van der Waals surface area contributed by atoms with Crippen LogP contribution in [0.5, 0.6) is 0 Å². The summed E-state index contributed by atoms with van der Waals surface area (Å²) < 4.78 is 7.76. The first-order chi connectivity index (χ1) is 15.6. The molecule has 10 heteroatoms. The lowest BCUT2D eigenvalue weighted by Gasteiger charge is -2.42. The van der Waals surface area contributed by atoms with E-state index in [2.05, 4.69) is 48.5 Å². The van der Waals surface area contributed by atoms with Gasteiger partial charge in [-0.25, -0.2) is 14.6 Å². The van der Waals surface area contributed by atoms with E-state index in [1.807, 2.05) is 17.7 Å². The minimum atomic E-state index is -1.15. The maximum Gasteiger partial charge on any atom is 0.249 e. The van der Waals surface area contributed by atoms with Gasteiger partial charge in [-0.15, -0.1) is 0 Å². The quantitative estimate of drug-likeness (QED) is 0.418. The number of aromatic nitrogens is 4. The zero-order valence-corrected chi connectivity index (χ0v) is 22.1. The molecular formula is C23H39N7O2Si. The lowest BCUT2D eigenvalue weighted by molar-refractivity contribution is -0.120. The summed E-state index contributed by atoms with van der Waals surface area (Å²) in [5.74, 6) is 1.25. The Morgan fingerprint density at radius 1 is 1.27 bits per heavy atom. The largest absolute Gasteiger partial charge is 0.360 e. The molecular weight excluding hydrogens is 434 g/mol. The maximum atomic E-state index is 12.9. The van der Waals surface area contributed by atoms with E-state index in [4.69, 9.17) is 15.5 Å². The van der Waals surface area contributed by atoms with E-state index in [0.717, 1.165) is 29.9 Å². The predicted octanol–water partition coefficient (Wildman–Crippen LogP) is 3.05. The van der Waals surface area contributed by atoms with E-state index in [9.17, 15) is 4.79 Å². The Bertz CT molecular complexity index is 957. The summed E-state index contributed by atoms with van der Waals surface area (Å²) in [5.41, 5.74) is 7.86. The monoisotopic (exact) mass is 473 g/mol. The van der Waals surface area contributed by atoms with Gasteiger partial charge in [0.15, 0.2) is 5.82 Å². The van der Waals surface area contributed by atoms with Gasteiger partial charge in [-0.1, -0.05) is 26.6 Å². The smallest absolute Gasteiger partial charge is 0.249 e. The van der Waals surface area contributed by atoms with Crippen LogP contribution in [0, 0.1) is 0 Å². The van der Waals surface area contributed by atoms with Crippen molar-refractivity contribution in [2.45, 2.75) is 77.6 Å². The highest BCUT2D eigenvalue weighted by atomic mass is 28.3. The molecule has 2 aromatic rings. The van der Waals surface area contributed by atoms with Crippen LogP contribution in [0.4, 0.5) is 11.5 Å². The third-order valence-corrected chi connectivity index (χ3v) is 7.84. The number of rotatable bonds is 10. The molecule has 0 fully saturated rings. The molecule has 0 radical (unpaired) electrons. The molecule has 0 unspecified atom stereocenters. The minimum Gasteiger partial charge on any atom is -0.360 e. The van der Waals surface area contributed by atoms with Gasteiger partial charge in [0.1, 0.15) is 24.3 Å². The summed E-state index contributed by atoms with van der Waals surface area (Å²) in [4.78, 5) is 26.3. The molecule has 0 spiro atoms.